The zero-order valence-electron chi connectivity index (χ0n) is 11.7. The molecule has 1 fully saturated rings. The van der Waals surface area contributed by atoms with Crippen LogP contribution >= 0.6 is 0 Å². The molecule has 1 heterocycles. The zero-order valence-corrected chi connectivity index (χ0v) is 11.7. The number of likely N-dealkylation sites (tertiary alicyclic amines) is 1. The summed E-state index contributed by atoms with van der Waals surface area (Å²) in [6, 6.07) is 6.39. The van der Waals surface area contributed by atoms with Crippen molar-refractivity contribution in [3.05, 3.63) is 35.6 Å². The minimum atomic E-state index is -0.228. The van der Waals surface area contributed by atoms with Gasteiger partial charge in [0.25, 0.3) is 0 Å². The van der Waals surface area contributed by atoms with Gasteiger partial charge in [0, 0.05) is 26.2 Å². The summed E-state index contributed by atoms with van der Waals surface area (Å²) >= 11 is 0. The van der Waals surface area contributed by atoms with Crippen molar-refractivity contribution in [3.8, 4) is 0 Å². The van der Waals surface area contributed by atoms with Crippen LogP contribution in [-0.2, 0) is 4.74 Å². The van der Waals surface area contributed by atoms with Crippen molar-refractivity contribution < 1.29 is 9.13 Å². The van der Waals surface area contributed by atoms with Gasteiger partial charge in [-0.3, -0.25) is 4.90 Å². The van der Waals surface area contributed by atoms with E-state index in [9.17, 15) is 4.39 Å². The van der Waals surface area contributed by atoms with Crippen LogP contribution in [0.2, 0.25) is 0 Å². The lowest BCUT2D eigenvalue weighted by molar-refractivity contribution is -0.0516. The molecule has 19 heavy (non-hydrogen) atoms. The molecule has 2 rings (SSSR count). The highest BCUT2D eigenvalue weighted by atomic mass is 19.1. The van der Waals surface area contributed by atoms with Gasteiger partial charge in [-0.1, -0.05) is 12.1 Å². The van der Waals surface area contributed by atoms with Gasteiger partial charge >= 0.3 is 0 Å². The number of hydrogen-bond donors (Lipinski definition) is 1. The average Bonchev–Trinajstić information content (AvgIpc) is 2.39. The highest BCUT2D eigenvalue weighted by molar-refractivity contribution is 5.20. The van der Waals surface area contributed by atoms with Gasteiger partial charge in [0.1, 0.15) is 5.82 Å². The second kappa shape index (κ2) is 5.99. The fourth-order valence-electron chi connectivity index (χ4n) is 2.75. The van der Waals surface area contributed by atoms with Crippen molar-refractivity contribution in [2.24, 2.45) is 5.73 Å². The van der Waals surface area contributed by atoms with Crippen LogP contribution in [0.5, 0.6) is 0 Å². The molecule has 0 radical (unpaired) electrons. The van der Waals surface area contributed by atoms with E-state index >= 15 is 0 Å². The predicted octanol–water partition coefficient (Wildman–Crippen LogP) is 2.33. The van der Waals surface area contributed by atoms with Gasteiger partial charge in [0.05, 0.1) is 5.60 Å². The number of hydrogen-bond acceptors (Lipinski definition) is 3. The number of nitrogens with zero attached hydrogens (tertiary/aromatic N) is 1. The molecule has 1 aliphatic heterocycles. The van der Waals surface area contributed by atoms with Crippen LogP contribution in [0, 0.1) is 5.82 Å². The van der Waals surface area contributed by atoms with E-state index in [0.29, 0.717) is 0 Å². The van der Waals surface area contributed by atoms with Gasteiger partial charge < -0.3 is 10.5 Å². The lowest BCUT2D eigenvalue weighted by atomic mass is 9.94. The first-order chi connectivity index (χ1) is 9.02. The Labute approximate surface area is 114 Å². The minimum absolute atomic E-state index is 0.0834. The molecule has 0 saturated carbocycles. The molecule has 1 saturated heterocycles. The Kier molecular flexibility index (Phi) is 4.55. The van der Waals surface area contributed by atoms with Gasteiger partial charge in [-0.15, -0.1) is 0 Å². The van der Waals surface area contributed by atoms with E-state index in [4.69, 9.17) is 10.5 Å². The van der Waals surface area contributed by atoms with E-state index in [2.05, 4.69) is 11.8 Å². The van der Waals surface area contributed by atoms with Gasteiger partial charge in [-0.2, -0.15) is 0 Å². The first-order valence-electron chi connectivity index (χ1n) is 6.81. The second-order valence-electron chi connectivity index (χ2n) is 5.65. The summed E-state index contributed by atoms with van der Waals surface area (Å²) in [6.45, 7) is 4.78. The van der Waals surface area contributed by atoms with Gasteiger partial charge in [0.15, 0.2) is 0 Å². The topological polar surface area (TPSA) is 38.5 Å². The number of ether oxygens (including phenoxy) is 1. The van der Waals surface area contributed by atoms with Gasteiger partial charge in [-0.05, 0) is 44.0 Å². The van der Waals surface area contributed by atoms with E-state index < -0.39 is 0 Å². The Balaban J connectivity index is 1.97. The normalized spacial score (nSPS) is 26.3. The molecule has 2 unspecified atom stereocenters. The van der Waals surface area contributed by atoms with Gasteiger partial charge in [0.2, 0.25) is 0 Å². The monoisotopic (exact) mass is 266 g/mol. The maximum Gasteiger partial charge on any atom is 0.123 e. The van der Waals surface area contributed by atoms with E-state index in [1.807, 2.05) is 6.07 Å². The van der Waals surface area contributed by atoms with Crippen LogP contribution in [0.25, 0.3) is 0 Å². The molecule has 1 aliphatic rings. The molecule has 1 aromatic carbocycles. The smallest absolute Gasteiger partial charge is 0.123 e. The van der Waals surface area contributed by atoms with Crippen LogP contribution in [0.4, 0.5) is 4.39 Å². The number of benzene rings is 1. The summed E-state index contributed by atoms with van der Waals surface area (Å²) in [7, 11) is 1.76. The van der Waals surface area contributed by atoms with Crippen molar-refractivity contribution in [3.63, 3.8) is 0 Å². The summed E-state index contributed by atoms with van der Waals surface area (Å²) in [5, 5.41) is 0. The number of piperidine rings is 1. The molecule has 3 nitrogen and oxygen atoms in total. The third-order valence-electron chi connectivity index (χ3n) is 3.96. The fraction of sp³-hybridized carbons (Fsp3) is 0.600. The van der Waals surface area contributed by atoms with Crippen LogP contribution in [0.15, 0.2) is 24.3 Å². The molecule has 106 valence electrons. The third-order valence-corrected chi connectivity index (χ3v) is 3.96. The SMILES string of the molecule is COC1(C)CCCN(CC(N)c2cccc(F)c2)C1. The largest absolute Gasteiger partial charge is 0.377 e. The standard InChI is InChI=1S/C15H23FN2O/c1-15(19-2)7-4-8-18(11-15)10-14(17)12-5-3-6-13(16)9-12/h3,5-6,9,14H,4,7-8,10-11,17H2,1-2H3. The number of methoxy groups -OCH3 is 1. The first-order valence-corrected chi connectivity index (χ1v) is 6.81. The molecule has 0 amide bonds. The molecular weight excluding hydrogens is 243 g/mol. The molecule has 2 N–H and O–H groups in total. The average molecular weight is 266 g/mol. The van der Waals surface area contributed by atoms with Crippen molar-refractivity contribution >= 4 is 0 Å². The highest BCUT2D eigenvalue weighted by Crippen LogP contribution is 2.25. The molecule has 0 spiro atoms. The number of nitrogens with two attached hydrogens (primary N) is 1. The number of halogens is 1. The van der Waals surface area contributed by atoms with Crippen molar-refractivity contribution in [2.45, 2.75) is 31.4 Å². The Hall–Kier alpha value is -0.970. The summed E-state index contributed by atoms with van der Waals surface area (Å²) in [4.78, 5) is 2.31. The maximum atomic E-state index is 13.2. The quantitative estimate of drug-likeness (QED) is 0.909. The Morgan fingerprint density at radius 1 is 1.53 bits per heavy atom. The lowest BCUT2D eigenvalue weighted by Crippen LogP contribution is -2.49. The summed E-state index contributed by atoms with van der Waals surface area (Å²) in [5.41, 5.74) is 6.94. The highest BCUT2D eigenvalue weighted by Gasteiger charge is 2.31. The fourth-order valence-corrected chi connectivity index (χ4v) is 2.75. The molecule has 2 atom stereocenters. The number of rotatable bonds is 4. The van der Waals surface area contributed by atoms with Crippen LogP contribution in [-0.4, -0.2) is 37.2 Å². The van der Waals surface area contributed by atoms with Crippen molar-refractivity contribution in [2.75, 3.05) is 26.7 Å². The van der Waals surface area contributed by atoms with Gasteiger partial charge in [-0.25, -0.2) is 4.39 Å². The van der Waals surface area contributed by atoms with Crippen LogP contribution < -0.4 is 5.73 Å². The van der Waals surface area contributed by atoms with Crippen LogP contribution in [0.1, 0.15) is 31.4 Å². The van der Waals surface area contributed by atoms with Crippen molar-refractivity contribution in [1.82, 2.24) is 4.90 Å². The third kappa shape index (κ3) is 3.75. The van der Waals surface area contributed by atoms with E-state index in [1.165, 1.54) is 12.1 Å². The predicted molar refractivity (Wildman–Crippen MR) is 74.4 cm³/mol. The molecule has 0 bridgehead atoms. The summed E-state index contributed by atoms with van der Waals surface area (Å²) < 4.78 is 18.8. The zero-order chi connectivity index (χ0) is 13.9. The van der Waals surface area contributed by atoms with E-state index in [-0.39, 0.29) is 17.5 Å². The Morgan fingerprint density at radius 2 is 2.32 bits per heavy atom. The first kappa shape index (κ1) is 14.4. The van der Waals surface area contributed by atoms with Crippen LogP contribution in [0.3, 0.4) is 0 Å². The van der Waals surface area contributed by atoms with E-state index in [1.54, 1.807) is 13.2 Å². The molecule has 4 heteroatoms. The molecule has 1 aromatic rings. The molecular formula is C15H23FN2O. The summed E-state index contributed by atoms with van der Waals surface area (Å²) in [6.07, 6.45) is 2.19. The minimum Gasteiger partial charge on any atom is -0.377 e. The lowest BCUT2D eigenvalue weighted by Gasteiger charge is -2.40. The van der Waals surface area contributed by atoms with E-state index in [0.717, 1.165) is 38.0 Å². The Bertz CT molecular complexity index is 426. The maximum absolute atomic E-state index is 13.2. The second-order valence-corrected chi connectivity index (χ2v) is 5.65. The molecule has 0 aromatic heterocycles. The molecule has 0 aliphatic carbocycles. The Morgan fingerprint density at radius 3 is 3.00 bits per heavy atom. The van der Waals surface area contributed by atoms with Crippen molar-refractivity contribution in [1.29, 1.82) is 0 Å². The summed E-state index contributed by atoms with van der Waals surface area (Å²) in [5.74, 6) is -0.228.